The number of unbranched alkanes of at least 4 members (excludes halogenated alkanes) is 14. The van der Waals surface area contributed by atoms with Crippen molar-refractivity contribution in [1.82, 2.24) is 24.8 Å². The van der Waals surface area contributed by atoms with Crippen molar-refractivity contribution in [1.29, 1.82) is 0 Å². The first kappa shape index (κ1) is 69.7. The minimum Gasteiger partial charge on any atom is -0.497 e. The number of pyridine rings is 4. The highest BCUT2D eigenvalue weighted by molar-refractivity contribution is 6.32. The minimum absolute atomic E-state index is 0.693. The molecule has 4 N–H and O–H groups in total. The molecule has 12 rings (SSSR count). The molecule has 15 heteroatoms. The summed E-state index contributed by atoms with van der Waals surface area (Å²) in [5.41, 5.74) is 14.7. The Hall–Kier alpha value is -8.62. The van der Waals surface area contributed by atoms with Crippen molar-refractivity contribution < 1.29 is 18.9 Å². The number of anilines is 4. The van der Waals surface area contributed by atoms with Crippen LogP contribution in [0, 0.1) is 13.8 Å². The van der Waals surface area contributed by atoms with Crippen molar-refractivity contribution in [3.05, 3.63) is 167 Å². The molecule has 4 heterocycles. The highest BCUT2D eigenvalue weighted by Crippen LogP contribution is 2.39. The third-order valence-corrected chi connectivity index (χ3v) is 19.1. The number of hydrogen-bond donors (Lipinski definition) is 4. The zero-order valence-corrected chi connectivity index (χ0v) is 59.3. The molecule has 0 aliphatic carbocycles. The molecule has 0 amide bonds. The summed E-state index contributed by atoms with van der Waals surface area (Å²) in [6.07, 6.45) is 21.0. The Balaban J connectivity index is 0.000000197. The highest BCUT2D eigenvalue weighted by Gasteiger charge is 2.16. The van der Waals surface area contributed by atoms with Crippen molar-refractivity contribution in [2.75, 3.05) is 96.0 Å². The van der Waals surface area contributed by atoms with Gasteiger partial charge in [-0.3, -0.25) is 0 Å². The number of aromatic nitrogens is 4. The normalized spacial score (nSPS) is 11.6. The Labute approximate surface area is 582 Å². The van der Waals surface area contributed by atoms with Gasteiger partial charge in [-0.1, -0.05) is 118 Å². The first-order chi connectivity index (χ1) is 47.5. The Morgan fingerprint density at radius 3 is 0.835 bits per heavy atom. The number of methoxy groups -OCH3 is 4. The van der Waals surface area contributed by atoms with Gasteiger partial charge in [0.05, 0.1) is 95.3 Å². The monoisotopic (exact) mass is 1340 g/mol. The van der Waals surface area contributed by atoms with Crippen LogP contribution in [-0.2, 0) is 0 Å². The van der Waals surface area contributed by atoms with Gasteiger partial charge in [0, 0.05) is 79.3 Å². The molecule has 0 saturated carbocycles. The van der Waals surface area contributed by atoms with Gasteiger partial charge in [0.25, 0.3) is 0 Å². The molecule has 4 aromatic heterocycles. The molecule has 97 heavy (non-hydrogen) atoms. The lowest BCUT2D eigenvalue weighted by atomic mass is 10.0. The molecule has 0 saturated heterocycles. The molecule has 0 bridgehead atoms. The molecule has 0 unspecified atom stereocenters. The lowest BCUT2D eigenvalue weighted by Gasteiger charge is -2.17. The van der Waals surface area contributed by atoms with Crippen molar-refractivity contribution in [2.45, 2.75) is 123 Å². The summed E-state index contributed by atoms with van der Waals surface area (Å²) in [7, 11) is 9.07. The topological polar surface area (TPSA) is 140 Å². The summed E-state index contributed by atoms with van der Waals surface area (Å²) in [6.45, 7) is 10.2. The van der Waals surface area contributed by atoms with Gasteiger partial charge < -0.3 is 45.1 Å². The van der Waals surface area contributed by atoms with E-state index in [4.69, 9.17) is 62.1 Å². The number of nitrogens with one attached hydrogen (secondary N) is 4. The quantitative estimate of drug-likeness (QED) is 0.0225. The lowest BCUT2D eigenvalue weighted by molar-refractivity contribution is 0.317. The summed E-state index contributed by atoms with van der Waals surface area (Å²) >= 11 is 12.6. The number of ether oxygens (including phenoxy) is 4. The number of nitrogens with zero attached hydrogens (tertiary/aromatic N) is 5. The molecule has 0 aliphatic heterocycles. The van der Waals surface area contributed by atoms with Crippen LogP contribution in [0.25, 0.3) is 87.2 Å². The van der Waals surface area contributed by atoms with Crippen LogP contribution in [0.2, 0.25) is 10.0 Å². The fourth-order valence-corrected chi connectivity index (χ4v) is 13.6. The molecule has 13 nitrogen and oxygen atoms in total. The van der Waals surface area contributed by atoms with Gasteiger partial charge in [-0.15, -0.1) is 0 Å². The summed E-state index contributed by atoms with van der Waals surface area (Å²) in [6, 6.07) is 49.2. The number of halogens is 2. The van der Waals surface area contributed by atoms with Gasteiger partial charge in [0.2, 0.25) is 0 Å². The Morgan fingerprint density at radius 2 is 0.546 bits per heavy atom. The number of hydrogen-bond acceptors (Lipinski definition) is 13. The maximum absolute atomic E-state index is 6.29. The van der Waals surface area contributed by atoms with E-state index < -0.39 is 0 Å². The molecule has 0 aliphatic rings. The Bertz CT molecular complexity index is 4350. The van der Waals surface area contributed by atoms with E-state index in [1.165, 1.54) is 112 Å². The Kier molecular flexibility index (Phi) is 24.8. The summed E-state index contributed by atoms with van der Waals surface area (Å²) in [5, 5.41) is 25.2. The second kappa shape index (κ2) is 34.5. The van der Waals surface area contributed by atoms with E-state index in [1.807, 2.05) is 66.7 Å². The van der Waals surface area contributed by atoms with E-state index in [-0.39, 0.29) is 0 Å². The van der Waals surface area contributed by atoms with Gasteiger partial charge >= 0.3 is 0 Å². The van der Waals surface area contributed by atoms with Crippen LogP contribution in [-0.4, -0.2) is 99.6 Å². The molecule has 12 aromatic rings. The minimum atomic E-state index is 0.693. The van der Waals surface area contributed by atoms with Crippen LogP contribution in [0.4, 0.5) is 22.7 Å². The summed E-state index contributed by atoms with van der Waals surface area (Å²) in [5.74, 6) is 3.37. The molecule has 0 radical (unpaired) electrons. The van der Waals surface area contributed by atoms with Crippen molar-refractivity contribution in [2.24, 2.45) is 0 Å². The third-order valence-electron chi connectivity index (χ3n) is 18.7. The van der Waals surface area contributed by atoms with E-state index in [9.17, 15) is 0 Å². The molecular weight excluding hydrogens is 1250 g/mol. The SMILES string of the molecule is COc1ccc2nc3cc(C)ccc3c(NCCCCCCCCCCCCCNc3c4ccc(Cl)cc4nc4ccc(OC)cc34)c2c1.COc1ccc2nc3cc(C)ccc3c(NCCCCCN(C)CCCCCNc3c4ccc(Cl)cc4nc4ccc(OC)cc34)c2c1. The first-order valence-corrected chi connectivity index (χ1v) is 35.8. The van der Waals surface area contributed by atoms with Crippen LogP contribution in [0.3, 0.4) is 0 Å². The molecule has 0 spiro atoms. The molecule has 0 fully saturated rings. The van der Waals surface area contributed by atoms with Crippen molar-refractivity contribution in [3.8, 4) is 23.0 Å². The average molecular weight is 1340 g/mol. The molecule has 506 valence electrons. The van der Waals surface area contributed by atoms with E-state index >= 15 is 0 Å². The van der Waals surface area contributed by atoms with Gasteiger partial charge in [-0.05, 0) is 205 Å². The number of fused-ring (bicyclic) bond motifs is 8. The molecular formula is C82H95Cl2N9O4. The fraction of sp³-hybridized carbons (Fsp3) is 0.366. The summed E-state index contributed by atoms with van der Waals surface area (Å²) < 4.78 is 22.0. The van der Waals surface area contributed by atoms with E-state index in [0.717, 1.165) is 180 Å². The maximum Gasteiger partial charge on any atom is 0.119 e. The van der Waals surface area contributed by atoms with Gasteiger partial charge in [0.15, 0.2) is 0 Å². The smallest absolute Gasteiger partial charge is 0.119 e. The summed E-state index contributed by atoms with van der Waals surface area (Å²) in [4.78, 5) is 22.0. The molecule has 8 aromatic carbocycles. The fourth-order valence-electron chi connectivity index (χ4n) is 13.3. The highest BCUT2D eigenvalue weighted by atomic mass is 35.5. The largest absolute Gasteiger partial charge is 0.497 e. The van der Waals surface area contributed by atoms with E-state index in [0.29, 0.717) is 10.0 Å². The van der Waals surface area contributed by atoms with Gasteiger partial charge in [-0.2, -0.15) is 0 Å². The predicted octanol–water partition coefficient (Wildman–Crippen LogP) is 21.7. The van der Waals surface area contributed by atoms with Crippen LogP contribution in [0.5, 0.6) is 23.0 Å². The van der Waals surface area contributed by atoms with Crippen LogP contribution in [0.1, 0.15) is 120 Å². The second-order valence-electron chi connectivity index (χ2n) is 25.9. The molecule has 0 atom stereocenters. The Morgan fingerprint density at radius 1 is 0.289 bits per heavy atom. The van der Waals surface area contributed by atoms with Gasteiger partial charge in [-0.25, -0.2) is 19.9 Å². The maximum atomic E-state index is 6.29. The van der Waals surface area contributed by atoms with Crippen molar-refractivity contribution in [3.63, 3.8) is 0 Å². The average Bonchev–Trinajstić information content (AvgIpc) is 0.801. The number of rotatable bonds is 34. The number of benzene rings is 8. The van der Waals surface area contributed by atoms with Crippen molar-refractivity contribution >= 4 is 133 Å². The standard InChI is InChI=1S/C42H49ClN4O2.C40H46ClN5O2/c1-29-15-19-33-39(25-29)46-37-21-17-31(48-2)27-35(37)41(33)44-23-13-11-9-7-5-4-6-8-10-12-14-24-45-42-34-20-16-30(43)26-40(34)47-38-22-18-32(49-3)28-36(38)42;1-27-11-15-31-37(23-27)44-35-17-13-29(47-3)25-33(35)39(31)42-19-7-5-9-21-46(2)22-10-6-8-20-43-40-32-16-12-28(41)24-38(32)45-36-18-14-30(48-4)26-34(36)40/h15-22,25-28H,4-14,23-24H2,1-3H3,(H,44,46)(H,45,47);11-18,23-26H,5-10,19-22H2,1-4H3,(H,42,44)(H,43,45). The lowest BCUT2D eigenvalue weighted by Crippen LogP contribution is -2.21. The van der Waals surface area contributed by atoms with E-state index in [2.05, 4.69) is 126 Å². The van der Waals surface area contributed by atoms with E-state index in [1.54, 1.807) is 28.4 Å². The zero-order valence-electron chi connectivity index (χ0n) is 57.7. The van der Waals surface area contributed by atoms with Crippen LogP contribution >= 0.6 is 23.2 Å². The second-order valence-corrected chi connectivity index (χ2v) is 26.7. The first-order valence-electron chi connectivity index (χ1n) is 35.0. The van der Waals surface area contributed by atoms with Crippen LogP contribution < -0.4 is 40.2 Å². The zero-order chi connectivity index (χ0) is 67.5. The van der Waals surface area contributed by atoms with Gasteiger partial charge in [0.1, 0.15) is 23.0 Å². The third kappa shape index (κ3) is 18.1. The van der Waals surface area contributed by atoms with Crippen LogP contribution in [0.15, 0.2) is 146 Å². The number of aryl methyl sites for hydroxylation is 2. The predicted molar refractivity (Wildman–Crippen MR) is 413 cm³/mol.